The van der Waals surface area contributed by atoms with Crippen molar-refractivity contribution < 1.29 is 4.39 Å². The van der Waals surface area contributed by atoms with Gasteiger partial charge in [0.05, 0.1) is 0 Å². The highest BCUT2D eigenvalue weighted by Crippen LogP contribution is 2.32. The molecule has 1 heteroatoms. The van der Waals surface area contributed by atoms with Gasteiger partial charge in [-0.3, -0.25) is 0 Å². The molecule has 0 bridgehead atoms. The second-order valence-corrected chi connectivity index (χ2v) is 3.64. The van der Waals surface area contributed by atoms with Crippen LogP contribution in [0.25, 0.3) is 0 Å². The fourth-order valence-electron chi connectivity index (χ4n) is 1.39. The fourth-order valence-corrected chi connectivity index (χ4v) is 1.39. The maximum atomic E-state index is 12.8. The molecule has 1 aromatic carbocycles. The van der Waals surface area contributed by atoms with Gasteiger partial charge < -0.3 is 0 Å². The lowest BCUT2D eigenvalue weighted by Gasteiger charge is -2.00. The Balaban J connectivity index is 2.15. The molecule has 1 aromatic rings. The van der Waals surface area contributed by atoms with Crippen LogP contribution in [0, 0.1) is 24.7 Å². The zero-order chi connectivity index (χ0) is 8.55. The Morgan fingerprint density at radius 3 is 2.92 bits per heavy atom. The number of hydrogen-bond acceptors (Lipinski definition) is 0. The molecule has 1 aliphatic rings. The van der Waals surface area contributed by atoms with Gasteiger partial charge in [0.1, 0.15) is 5.82 Å². The summed E-state index contributed by atoms with van der Waals surface area (Å²) in [7, 11) is 0. The quantitative estimate of drug-likeness (QED) is 0.629. The van der Waals surface area contributed by atoms with Crippen LogP contribution in [0.2, 0.25) is 0 Å². The summed E-state index contributed by atoms with van der Waals surface area (Å²) >= 11 is 0. The van der Waals surface area contributed by atoms with Crippen molar-refractivity contribution in [3.63, 3.8) is 0 Å². The number of rotatable bonds is 2. The van der Waals surface area contributed by atoms with Crippen LogP contribution in [0.5, 0.6) is 0 Å². The minimum absolute atomic E-state index is 0.144. The van der Waals surface area contributed by atoms with Crippen LogP contribution in [0.15, 0.2) is 12.1 Å². The molecule has 63 valence electrons. The van der Waals surface area contributed by atoms with E-state index in [2.05, 4.69) is 6.07 Å². The molecule has 0 atom stereocenters. The second kappa shape index (κ2) is 2.89. The Morgan fingerprint density at radius 2 is 2.33 bits per heavy atom. The van der Waals surface area contributed by atoms with Crippen LogP contribution in [0.3, 0.4) is 0 Å². The van der Waals surface area contributed by atoms with Gasteiger partial charge in [0.15, 0.2) is 0 Å². The molecule has 1 aliphatic carbocycles. The first-order valence-electron chi connectivity index (χ1n) is 4.42. The molecule has 0 spiro atoms. The van der Waals surface area contributed by atoms with Gasteiger partial charge in [0, 0.05) is 0 Å². The zero-order valence-corrected chi connectivity index (χ0v) is 7.23. The maximum Gasteiger partial charge on any atom is 0.126 e. The summed E-state index contributed by atoms with van der Waals surface area (Å²) in [5.74, 6) is 0.709. The highest BCUT2D eigenvalue weighted by atomic mass is 19.1. The Morgan fingerprint density at radius 1 is 1.58 bits per heavy atom. The van der Waals surface area contributed by atoms with Gasteiger partial charge in [0.25, 0.3) is 0 Å². The first kappa shape index (κ1) is 7.78. The van der Waals surface area contributed by atoms with E-state index in [0.717, 1.165) is 23.5 Å². The van der Waals surface area contributed by atoms with E-state index in [4.69, 9.17) is 0 Å². The van der Waals surface area contributed by atoms with E-state index in [0.29, 0.717) is 0 Å². The van der Waals surface area contributed by atoms with E-state index in [1.165, 1.54) is 18.9 Å². The topological polar surface area (TPSA) is 0 Å². The molecule has 1 fully saturated rings. The number of aryl methyl sites for hydroxylation is 1. The van der Waals surface area contributed by atoms with Crippen LogP contribution in [-0.2, 0) is 6.42 Å². The Bertz CT molecular complexity index is 287. The lowest BCUT2D eigenvalue weighted by atomic mass is 10.1. The summed E-state index contributed by atoms with van der Waals surface area (Å²) in [5.41, 5.74) is 1.90. The SMILES string of the molecule is Cc1cc(CC2CC2)[c]cc1F. The molecular weight excluding hydrogens is 151 g/mol. The van der Waals surface area contributed by atoms with Gasteiger partial charge in [0.2, 0.25) is 0 Å². The van der Waals surface area contributed by atoms with Crippen LogP contribution in [-0.4, -0.2) is 0 Å². The van der Waals surface area contributed by atoms with Gasteiger partial charge in [-0.25, -0.2) is 4.39 Å². The van der Waals surface area contributed by atoms with Crippen molar-refractivity contribution >= 4 is 0 Å². The molecule has 0 saturated heterocycles. The molecule has 1 radical (unpaired) electrons. The summed E-state index contributed by atoms with van der Waals surface area (Å²) in [6.07, 6.45) is 3.76. The molecule has 1 saturated carbocycles. The zero-order valence-electron chi connectivity index (χ0n) is 7.23. The summed E-state index contributed by atoms with van der Waals surface area (Å²) in [6, 6.07) is 6.34. The van der Waals surface area contributed by atoms with Crippen LogP contribution >= 0.6 is 0 Å². The first-order chi connectivity index (χ1) is 5.75. The maximum absolute atomic E-state index is 12.8. The van der Waals surface area contributed by atoms with E-state index < -0.39 is 0 Å². The molecule has 0 aromatic heterocycles. The molecule has 0 N–H and O–H groups in total. The van der Waals surface area contributed by atoms with E-state index in [9.17, 15) is 4.39 Å². The van der Waals surface area contributed by atoms with Crippen molar-refractivity contribution in [1.82, 2.24) is 0 Å². The van der Waals surface area contributed by atoms with E-state index in [1.54, 1.807) is 6.92 Å². The Kier molecular flexibility index (Phi) is 1.87. The number of hydrogen-bond donors (Lipinski definition) is 0. The van der Waals surface area contributed by atoms with Crippen molar-refractivity contribution in [1.29, 1.82) is 0 Å². The van der Waals surface area contributed by atoms with Crippen LogP contribution in [0.4, 0.5) is 4.39 Å². The van der Waals surface area contributed by atoms with Crippen molar-refractivity contribution in [3.05, 3.63) is 35.1 Å². The molecule has 0 unspecified atom stereocenters. The normalized spacial score (nSPS) is 16.5. The van der Waals surface area contributed by atoms with Crippen molar-refractivity contribution in [2.24, 2.45) is 5.92 Å². The van der Waals surface area contributed by atoms with Crippen LogP contribution in [0.1, 0.15) is 24.0 Å². The van der Waals surface area contributed by atoms with Crippen LogP contribution < -0.4 is 0 Å². The second-order valence-electron chi connectivity index (χ2n) is 3.64. The predicted molar refractivity (Wildman–Crippen MR) is 46.4 cm³/mol. The smallest absolute Gasteiger partial charge is 0.126 e. The highest BCUT2D eigenvalue weighted by molar-refractivity contribution is 5.23. The average Bonchev–Trinajstić information content (AvgIpc) is 2.81. The summed E-state index contributed by atoms with van der Waals surface area (Å²) < 4.78 is 12.8. The molecule has 0 amide bonds. The van der Waals surface area contributed by atoms with E-state index in [1.807, 2.05) is 6.07 Å². The van der Waals surface area contributed by atoms with Crippen molar-refractivity contribution in [2.45, 2.75) is 26.2 Å². The molecule has 2 rings (SSSR count). The standard InChI is InChI=1S/C11H12F/c1-8-6-10(4-5-11(8)12)7-9-2-3-9/h5-6,9H,2-3,7H2,1H3. The summed E-state index contributed by atoms with van der Waals surface area (Å²) in [4.78, 5) is 0. The van der Waals surface area contributed by atoms with Crippen molar-refractivity contribution in [2.75, 3.05) is 0 Å². The van der Waals surface area contributed by atoms with Gasteiger partial charge in [-0.05, 0) is 55.4 Å². The lowest BCUT2D eigenvalue weighted by molar-refractivity contribution is 0.616. The minimum atomic E-state index is -0.144. The summed E-state index contributed by atoms with van der Waals surface area (Å²) in [5, 5.41) is 0. The lowest BCUT2D eigenvalue weighted by Crippen LogP contribution is -1.90. The Hall–Kier alpha value is -0.850. The fraction of sp³-hybridized carbons (Fsp3) is 0.455. The third-order valence-corrected chi connectivity index (χ3v) is 2.36. The molecule has 12 heavy (non-hydrogen) atoms. The third-order valence-electron chi connectivity index (χ3n) is 2.36. The largest absolute Gasteiger partial charge is 0.207 e. The Labute approximate surface area is 72.4 Å². The average molecular weight is 163 g/mol. The van der Waals surface area contributed by atoms with Gasteiger partial charge in [-0.15, -0.1) is 0 Å². The molecule has 0 nitrogen and oxygen atoms in total. The summed E-state index contributed by atoms with van der Waals surface area (Å²) in [6.45, 7) is 1.81. The van der Waals surface area contributed by atoms with E-state index >= 15 is 0 Å². The van der Waals surface area contributed by atoms with Crippen molar-refractivity contribution in [3.8, 4) is 0 Å². The van der Waals surface area contributed by atoms with Gasteiger partial charge >= 0.3 is 0 Å². The monoisotopic (exact) mass is 163 g/mol. The van der Waals surface area contributed by atoms with E-state index in [-0.39, 0.29) is 5.82 Å². The molecule has 0 aliphatic heterocycles. The predicted octanol–water partition coefficient (Wildman–Crippen LogP) is 2.89. The van der Waals surface area contributed by atoms with Gasteiger partial charge in [-0.2, -0.15) is 0 Å². The number of benzene rings is 1. The first-order valence-corrected chi connectivity index (χ1v) is 4.42. The minimum Gasteiger partial charge on any atom is -0.207 e. The van der Waals surface area contributed by atoms with Gasteiger partial charge in [-0.1, -0.05) is 6.07 Å². The number of halogens is 1. The highest BCUT2D eigenvalue weighted by Gasteiger charge is 2.21. The third kappa shape index (κ3) is 1.66. The molecule has 0 heterocycles. The molecular formula is C11H12F.